The highest BCUT2D eigenvalue weighted by Crippen LogP contribution is 2.12. The van der Waals surface area contributed by atoms with Crippen molar-refractivity contribution in [1.29, 1.82) is 0 Å². The van der Waals surface area contributed by atoms with Crippen LogP contribution in [-0.4, -0.2) is 35.6 Å². The molecule has 4 heteroatoms. The maximum atomic E-state index is 5.80. The molecule has 0 radical (unpaired) electrons. The van der Waals surface area contributed by atoms with E-state index in [9.17, 15) is 0 Å². The first-order valence-electron chi connectivity index (χ1n) is 6.96. The molecule has 0 aromatic carbocycles. The summed E-state index contributed by atoms with van der Waals surface area (Å²) < 4.78 is 7.79. The van der Waals surface area contributed by atoms with Crippen LogP contribution < -0.4 is 5.32 Å². The summed E-state index contributed by atoms with van der Waals surface area (Å²) in [6.45, 7) is 7.12. The number of likely N-dealkylation sites (N-methyl/N-ethyl adjacent to an activating group) is 1. The maximum absolute atomic E-state index is 5.80. The fourth-order valence-electron chi connectivity index (χ4n) is 2.31. The highest BCUT2D eigenvalue weighted by atomic mass is 16.5. The predicted octanol–water partition coefficient (Wildman–Crippen LogP) is 1.93. The molecule has 1 N–H and O–H groups in total. The Balaban J connectivity index is 2.74. The number of aromatic nitrogens is 2. The van der Waals surface area contributed by atoms with E-state index in [4.69, 9.17) is 4.74 Å². The van der Waals surface area contributed by atoms with Crippen LogP contribution in [0.25, 0.3) is 0 Å². The van der Waals surface area contributed by atoms with E-state index in [1.165, 1.54) is 5.69 Å². The van der Waals surface area contributed by atoms with Gasteiger partial charge in [0.2, 0.25) is 0 Å². The lowest BCUT2D eigenvalue weighted by atomic mass is 10.0. The van der Waals surface area contributed by atoms with Crippen LogP contribution in [0.15, 0.2) is 6.07 Å². The molecule has 0 saturated heterocycles. The van der Waals surface area contributed by atoms with Crippen molar-refractivity contribution in [3.8, 4) is 0 Å². The van der Waals surface area contributed by atoms with E-state index in [1.807, 2.05) is 18.8 Å². The summed E-state index contributed by atoms with van der Waals surface area (Å²) in [4.78, 5) is 0. The summed E-state index contributed by atoms with van der Waals surface area (Å²) in [5.74, 6) is 0. The van der Waals surface area contributed by atoms with Gasteiger partial charge in [0.05, 0.1) is 11.8 Å². The topological polar surface area (TPSA) is 39.1 Å². The molecule has 0 aliphatic rings. The molecule has 2 atom stereocenters. The Kier molecular flexibility index (Phi) is 6.36. The van der Waals surface area contributed by atoms with Gasteiger partial charge in [-0.05, 0) is 32.9 Å². The Hall–Kier alpha value is -0.870. The highest BCUT2D eigenvalue weighted by Gasteiger charge is 2.20. The number of rotatable bonds is 8. The second kappa shape index (κ2) is 7.54. The fraction of sp³-hybridized carbons (Fsp3) is 0.786. The van der Waals surface area contributed by atoms with Gasteiger partial charge in [-0.15, -0.1) is 0 Å². The van der Waals surface area contributed by atoms with Gasteiger partial charge < -0.3 is 10.1 Å². The van der Waals surface area contributed by atoms with E-state index in [0.29, 0.717) is 6.04 Å². The largest absolute Gasteiger partial charge is 0.377 e. The molecule has 0 amide bonds. The first-order chi connectivity index (χ1) is 8.65. The Labute approximate surface area is 111 Å². The van der Waals surface area contributed by atoms with E-state index in [2.05, 4.69) is 37.3 Å². The fourth-order valence-corrected chi connectivity index (χ4v) is 2.31. The molecule has 1 heterocycles. The Morgan fingerprint density at radius 1 is 1.39 bits per heavy atom. The molecule has 1 aromatic heterocycles. The number of nitrogens with zero attached hydrogens (tertiary/aromatic N) is 2. The molecule has 0 aliphatic heterocycles. The number of hydrogen-bond acceptors (Lipinski definition) is 3. The first-order valence-corrected chi connectivity index (χ1v) is 6.96. The van der Waals surface area contributed by atoms with Crippen LogP contribution in [0.5, 0.6) is 0 Å². The Morgan fingerprint density at radius 2 is 2.11 bits per heavy atom. The van der Waals surface area contributed by atoms with Gasteiger partial charge in [-0.2, -0.15) is 5.10 Å². The molecule has 0 saturated carbocycles. The summed E-state index contributed by atoms with van der Waals surface area (Å²) in [5, 5.41) is 7.87. The molecular weight excluding hydrogens is 226 g/mol. The van der Waals surface area contributed by atoms with E-state index >= 15 is 0 Å². The van der Waals surface area contributed by atoms with E-state index in [1.54, 1.807) is 0 Å². The van der Waals surface area contributed by atoms with Crippen LogP contribution in [0, 0.1) is 0 Å². The first kappa shape index (κ1) is 15.2. The van der Waals surface area contributed by atoms with Crippen LogP contribution in [0.3, 0.4) is 0 Å². The van der Waals surface area contributed by atoms with Crippen LogP contribution in [0.1, 0.15) is 38.6 Å². The maximum Gasteiger partial charge on any atom is 0.0729 e. The monoisotopic (exact) mass is 253 g/mol. The normalized spacial score (nSPS) is 14.7. The summed E-state index contributed by atoms with van der Waals surface area (Å²) in [6.07, 6.45) is 3.23. The van der Waals surface area contributed by atoms with Gasteiger partial charge >= 0.3 is 0 Å². The van der Waals surface area contributed by atoms with Crippen molar-refractivity contribution in [3.63, 3.8) is 0 Å². The molecule has 1 aromatic rings. The standard InChI is InChI=1S/C14H27N3O/c1-6-11-9-12(17(5)16-11)10-13(15-4)14(7-2)18-8-3/h9,13-15H,6-8,10H2,1-5H3. The van der Waals surface area contributed by atoms with Crippen LogP contribution >= 0.6 is 0 Å². The molecule has 0 spiro atoms. The molecule has 0 bridgehead atoms. The van der Waals surface area contributed by atoms with Gasteiger partial charge in [0.1, 0.15) is 0 Å². The van der Waals surface area contributed by atoms with Gasteiger partial charge in [0, 0.05) is 31.8 Å². The zero-order valence-corrected chi connectivity index (χ0v) is 12.4. The van der Waals surface area contributed by atoms with Crippen LogP contribution in [-0.2, 0) is 24.6 Å². The Bertz CT molecular complexity index is 349. The average Bonchev–Trinajstić information content (AvgIpc) is 2.74. The van der Waals surface area contributed by atoms with Crippen molar-refractivity contribution < 1.29 is 4.74 Å². The van der Waals surface area contributed by atoms with Crippen molar-refractivity contribution in [2.24, 2.45) is 7.05 Å². The SMILES string of the molecule is CCOC(CC)C(Cc1cc(CC)nn1C)NC. The number of aryl methyl sites for hydroxylation is 2. The summed E-state index contributed by atoms with van der Waals surface area (Å²) >= 11 is 0. The van der Waals surface area contributed by atoms with Crippen molar-refractivity contribution in [3.05, 3.63) is 17.5 Å². The van der Waals surface area contributed by atoms with Crippen molar-refractivity contribution in [2.45, 2.75) is 52.2 Å². The molecule has 4 nitrogen and oxygen atoms in total. The molecule has 104 valence electrons. The third kappa shape index (κ3) is 3.82. The van der Waals surface area contributed by atoms with Crippen molar-refractivity contribution >= 4 is 0 Å². The second-order valence-electron chi connectivity index (χ2n) is 4.61. The zero-order valence-electron chi connectivity index (χ0n) is 12.4. The van der Waals surface area contributed by atoms with Crippen LogP contribution in [0.2, 0.25) is 0 Å². The zero-order chi connectivity index (χ0) is 13.5. The highest BCUT2D eigenvalue weighted by molar-refractivity contribution is 5.12. The lowest BCUT2D eigenvalue weighted by Gasteiger charge is -2.25. The van der Waals surface area contributed by atoms with Crippen molar-refractivity contribution in [1.82, 2.24) is 15.1 Å². The molecular formula is C14H27N3O. The quantitative estimate of drug-likeness (QED) is 0.769. The lowest BCUT2D eigenvalue weighted by Crippen LogP contribution is -2.41. The molecule has 1 rings (SSSR count). The lowest BCUT2D eigenvalue weighted by molar-refractivity contribution is 0.0334. The van der Waals surface area contributed by atoms with Gasteiger partial charge in [-0.3, -0.25) is 4.68 Å². The molecule has 18 heavy (non-hydrogen) atoms. The second-order valence-corrected chi connectivity index (χ2v) is 4.61. The number of nitrogens with one attached hydrogen (secondary N) is 1. The van der Waals surface area contributed by atoms with E-state index in [-0.39, 0.29) is 6.10 Å². The van der Waals surface area contributed by atoms with Gasteiger partial charge in [-0.1, -0.05) is 13.8 Å². The minimum atomic E-state index is 0.264. The van der Waals surface area contributed by atoms with Crippen LogP contribution in [0.4, 0.5) is 0 Å². The van der Waals surface area contributed by atoms with Gasteiger partial charge in [0.25, 0.3) is 0 Å². The van der Waals surface area contributed by atoms with Gasteiger partial charge in [0.15, 0.2) is 0 Å². The molecule has 0 aliphatic carbocycles. The third-order valence-corrected chi connectivity index (χ3v) is 3.42. The smallest absolute Gasteiger partial charge is 0.0729 e. The third-order valence-electron chi connectivity index (χ3n) is 3.42. The summed E-state index contributed by atoms with van der Waals surface area (Å²) in [6, 6.07) is 2.54. The van der Waals surface area contributed by atoms with E-state index in [0.717, 1.165) is 31.6 Å². The summed E-state index contributed by atoms with van der Waals surface area (Å²) in [5.41, 5.74) is 2.43. The minimum Gasteiger partial charge on any atom is -0.377 e. The van der Waals surface area contributed by atoms with Crippen molar-refractivity contribution in [2.75, 3.05) is 13.7 Å². The average molecular weight is 253 g/mol. The van der Waals surface area contributed by atoms with Gasteiger partial charge in [-0.25, -0.2) is 0 Å². The molecule has 2 unspecified atom stereocenters. The number of ether oxygens (including phenoxy) is 1. The molecule has 0 fully saturated rings. The van der Waals surface area contributed by atoms with E-state index < -0.39 is 0 Å². The number of hydrogen-bond donors (Lipinski definition) is 1. The minimum absolute atomic E-state index is 0.264. The summed E-state index contributed by atoms with van der Waals surface area (Å²) in [7, 11) is 4.02. The Morgan fingerprint density at radius 3 is 2.56 bits per heavy atom. The predicted molar refractivity (Wildman–Crippen MR) is 74.8 cm³/mol.